The van der Waals surface area contributed by atoms with Crippen molar-refractivity contribution in [1.29, 1.82) is 0 Å². The van der Waals surface area contributed by atoms with Crippen LogP contribution in [0.1, 0.15) is 38.5 Å². The summed E-state index contributed by atoms with van der Waals surface area (Å²) < 4.78 is 7.33. The molecule has 0 spiro atoms. The van der Waals surface area contributed by atoms with Crippen molar-refractivity contribution in [2.24, 2.45) is 0 Å². The molecule has 3 aromatic carbocycles. The molecule has 0 saturated carbocycles. The van der Waals surface area contributed by atoms with E-state index in [4.69, 9.17) is 9.57 Å². The lowest BCUT2D eigenvalue weighted by Gasteiger charge is -2.19. The van der Waals surface area contributed by atoms with Gasteiger partial charge < -0.3 is 19.0 Å². The molecule has 1 fully saturated rings. The monoisotopic (exact) mass is 571 g/mol. The van der Waals surface area contributed by atoms with Crippen LogP contribution >= 0.6 is 0 Å². The van der Waals surface area contributed by atoms with Gasteiger partial charge in [-0.2, -0.15) is 0 Å². The van der Waals surface area contributed by atoms with Gasteiger partial charge in [-0.1, -0.05) is 30.8 Å². The maximum atomic E-state index is 13.9. The molecule has 2 amide bonds. The number of carbonyl (C=O) groups excluding carboxylic acids is 4. The van der Waals surface area contributed by atoms with Gasteiger partial charge in [0.15, 0.2) is 0 Å². The number of ether oxygens (including phenoxy) is 1. The van der Waals surface area contributed by atoms with Gasteiger partial charge >= 0.3 is 5.97 Å². The number of amides is 2. The molecule has 1 aromatic heterocycles. The van der Waals surface area contributed by atoms with Gasteiger partial charge in [0.25, 0.3) is 17.4 Å². The molecular weight excluding hydrogens is 538 g/mol. The third-order valence-corrected chi connectivity index (χ3v) is 7.81. The molecule has 0 aliphatic carbocycles. The van der Waals surface area contributed by atoms with Crippen LogP contribution in [0.15, 0.2) is 47.3 Å². The molecule has 0 bridgehead atoms. The topological polar surface area (TPSA) is 115 Å². The second-order valence-electron chi connectivity index (χ2n) is 10.6. The van der Waals surface area contributed by atoms with Crippen molar-refractivity contribution < 1.29 is 28.8 Å². The second-order valence-corrected chi connectivity index (χ2v) is 10.6. The van der Waals surface area contributed by atoms with E-state index in [0.29, 0.717) is 47.6 Å². The Balaban J connectivity index is 1.21. The molecule has 0 N–H and O–H groups in total. The fourth-order valence-corrected chi connectivity index (χ4v) is 5.53. The molecule has 0 atom stereocenters. The number of aromatic nitrogens is 1. The number of hydrogen-bond acceptors (Lipinski definition) is 8. The van der Waals surface area contributed by atoms with Crippen LogP contribution in [0.2, 0.25) is 0 Å². The van der Waals surface area contributed by atoms with Gasteiger partial charge in [-0.15, -0.1) is 5.06 Å². The van der Waals surface area contributed by atoms with Gasteiger partial charge in [0.05, 0.1) is 18.9 Å². The summed E-state index contributed by atoms with van der Waals surface area (Å²) in [5.41, 5.74) is -0.102. The minimum Gasteiger partial charge on any atom is -0.496 e. The number of hydrogen-bond donors (Lipinski definition) is 0. The third-order valence-electron chi connectivity index (χ3n) is 7.81. The number of nitrogens with zero attached hydrogens (tertiary/aromatic N) is 3. The van der Waals surface area contributed by atoms with E-state index in [2.05, 4.69) is 17.5 Å². The SMILES string of the molecule is C=c1c2ccc(OC)c3cc4ccccc4c(c(=O)n1CCN(C)CCCC(=O)CCC(=O)ON1C(=O)CCC1=O)c32. The highest BCUT2D eigenvalue weighted by molar-refractivity contribution is 6.22. The van der Waals surface area contributed by atoms with Crippen LogP contribution in [0.4, 0.5) is 0 Å². The van der Waals surface area contributed by atoms with Gasteiger partial charge in [-0.3, -0.25) is 19.2 Å². The molecule has 42 heavy (non-hydrogen) atoms. The molecule has 10 nitrogen and oxygen atoms in total. The Morgan fingerprint density at radius 2 is 1.64 bits per heavy atom. The van der Waals surface area contributed by atoms with E-state index < -0.39 is 17.8 Å². The second kappa shape index (κ2) is 12.1. The Labute approximate surface area is 242 Å². The summed E-state index contributed by atoms with van der Waals surface area (Å²) in [4.78, 5) is 68.1. The van der Waals surface area contributed by atoms with Gasteiger partial charge in [-0.25, -0.2) is 4.79 Å². The van der Waals surface area contributed by atoms with E-state index in [-0.39, 0.29) is 43.4 Å². The first-order chi connectivity index (χ1) is 20.2. The largest absolute Gasteiger partial charge is 0.496 e. The fraction of sp³-hybridized carbons (Fsp3) is 0.344. The Hall–Kier alpha value is -4.57. The van der Waals surface area contributed by atoms with Gasteiger partial charge in [0.2, 0.25) is 0 Å². The lowest BCUT2D eigenvalue weighted by atomic mass is 9.95. The van der Waals surface area contributed by atoms with Crippen LogP contribution in [0.5, 0.6) is 5.75 Å². The van der Waals surface area contributed by atoms with E-state index in [1.807, 2.05) is 43.4 Å². The first-order valence-electron chi connectivity index (χ1n) is 14.0. The van der Waals surface area contributed by atoms with Crippen molar-refractivity contribution in [1.82, 2.24) is 14.5 Å². The number of likely N-dealkylation sites (N-methyl/N-ethyl adjacent to an activating group) is 1. The quantitative estimate of drug-likeness (QED) is 0.145. The van der Waals surface area contributed by atoms with E-state index in [9.17, 15) is 24.0 Å². The van der Waals surface area contributed by atoms with Crippen LogP contribution in [0, 0.1) is 0 Å². The summed E-state index contributed by atoms with van der Waals surface area (Å²) >= 11 is 0. The predicted octanol–water partition coefficient (Wildman–Crippen LogP) is 3.11. The number of hydroxylamine groups is 2. The summed E-state index contributed by atoms with van der Waals surface area (Å²) in [6, 6.07) is 13.7. The van der Waals surface area contributed by atoms with Crippen LogP contribution < -0.4 is 15.6 Å². The van der Waals surface area contributed by atoms with Crippen LogP contribution in [0.3, 0.4) is 0 Å². The molecular formula is C32H33N3O7. The van der Waals surface area contributed by atoms with Crippen molar-refractivity contribution in [2.75, 3.05) is 27.2 Å². The Morgan fingerprint density at radius 1 is 0.905 bits per heavy atom. The van der Waals surface area contributed by atoms with Gasteiger partial charge in [-0.05, 0) is 49.0 Å². The molecule has 2 heterocycles. The average Bonchev–Trinajstić information content (AvgIpc) is 3.29. The molecule has 1 saturated heterocycles. The normalized spacial score (nSPS) is 13.6. The predicted molar refractivity (Wildman–Crippen MR) is 159 cm³/mol. The standard InChI is InChI=1S/C32H33N3O7/c1-20-23-11-12-26(41-3)25-19-21-7-4-5-9-24(21)31(30(23)25)32(40)34(20)18-17-33(2)16-6-8-22(36)10-15-29(39)42-35-27(37)13-14-28(35)38/h4-5,7,9,11-12,19H,1,6,8,10,13-18H2,2-3H3. The highest BCUT2D eigenvalue weighted by Crippen LogP contribution is 2.35. The van der Waals surface area contributed by atoms with Gasteiger partial charge in [0.1, 0.15) is 11.5 Å². The summed E-state index contributed by atoms with van der Waals surface area (Å²) in [5, 5.41) is 6.26. The maximum absolute atomic E-state index is 13.9. The lowest BCUT2D eigenvalue weighted by Crippen LogP contribution is -2.37. The van der Waals surface area contributed by atoms with Crippen molar-refractivity contribution in [3.63, 3.8) is 0 Å². The number of Topliss-reactive ketones (excluding diaryl/α,β-unsaturated/α-hetero) is 1. The average molecular weight is 572 g/mol. The van der Waals surface area contributed by atoms with Crippen LogP contribution in [0.25, 0.3) is 38.9 Å². The molecule has 0 radical (unpaired) electrons. The number of methoxy groups -OCH3 is 1. The van der Waals surface area contributed by atoms with Crippen molar-refractivity contribution >= 4 is 62.5 Å². The van der Waals surface area contributed by atoms with Crippen molar-refractivity contribution in [3.8, 4) is 5.75 Å². The van der Waals surface area contributed by atoms with Crippen molar-refractivity contribution in [3.05, 3.63) is 58.2 Å². The summed E-state index contributed by atoms with van der Waals surface area (Å²) in [6.45, 7) is 5.89. The minimum atomic E-state index is -0.779. The molecule has 5 rings (SSSR count). The Morgan fingerprint density at radius 3 is 2.38 bits per heavy atom. The number of ketones is 1. The summed E-state index contributed by atoms with van der Waals surface area (Å²) in [7, 11) is 3.55. The number of rotatable bonds is 12. The number of fused-ring (bicyclic) bond motifs is 2. The van der Waals surface area contributed by atoms with E-state index >= 15 is 0 Å². The number of imide groups is 1. The number of pyridine rings is 1. The Kier molecular flexibility index (Phi) is 8.35. The first-order valence-corrected chi connectivity index (χ1v) is 14.0. The maximum Gasteiger partial charge on any atom is 0.333 e. The lowest BCUT2D eigenvalue weighted by molar-refractivity contribution is -0.197. The Bertz CT molecular complexity index is 1810. The zero-order valence-electron chi connectivity index (χ0n) is 23.8. The molecule has 10 heteroatoms. The first kappa shape index (κ1) is 28.9. The van der Waals surface area contributed by atoms with Gasteiger partial charge in [0, 0.05) is 60.3 Å². The van der Waals surface area contributed by atoms with E-state index in [1.165, 1.54) is 0 Å². The smallest absolute Gasteiger partial charge is 0.333 e. The number of carbonyl (C=O) groups is 4. The van der Waals surface area contributed by atoms with E-state index in [0.717, 1.165) is 26.9 Å². The number of benzene rings is 3. The zero-order valence-corrected chi connectivity index (χ0v) is 23.8. The molecule has 0 unspecified atom stereocenters. The highest BCUT2D eigenvalue weighted by Gasteiger charge is 2.32. The third kappa shape index (κ3) is 5.62. The van der Waals surface area contributed by atoms with Crippen molar-refractivity contribution in [2.45, 2.75) is 45.1 Å². The van der Waals surface area contributed by atoms with E-state index in [1.54, 1.807) is 11.7 Å². The highest BCUT2D eigenvalue weighted by atomic mass is 16.7. The van der Waals surface area contributed by atoms with Crippen LogP contribution in [-0.2, 0) is 30.6 Å². The summed E-state index contributed by atoms with van der Waals surface area (Å²) in [6.07, 6.45) is 0.680. The molecule has 1 aliphatic heterocycles. The zero-order chi connectivity index (χ0) is 30.0. The minimum absolute atomic E-state index is 0.0220. The molecule has 4 aromatic rings. The fourth-order valence-electron chi connectivity index (χ4n) is 5.53. The summed E-state index contributed by atoms with van der Waals surface area (Å²) in [5.74, 6) is -1.28. The molecule has 218 valence electrons. The van der Waals surface area contributed by atoms with Crippen LogP contribution in [-0.4, -0.2) is 65.3 Å². The molecule has 1 aliphatic rings.